The number of hydrogen-bond donors (Lipinski definition) is 2. The van der Waals surface area contributed by atoms with E-state index in [1.54, 1.807) is 12.1 Å². The third-order valence-electron chi connectivity index (χ3n) is 4.26. The smallest absolute Gasteiger partial charge is 0.267 e. The number of carbonyl (C=O) groups excluding carboxylic acids is 2. The number of ketones is 1. The van der Waals surface area contributed by atoms with Crippen LogP contribution in [0.2, 0.25) is 0 Å². The number of carbonyl (C=O) groups is 2. The molecule has 0 aliphatic rings. The summed E-state index contributed by atoms with van der Waals surface area (Å²) in [6.07, 6.45) is 0. The lowest BCUT2D eigenvalue weighted by atomic mass is 10.0. The summed E-state index contributed by atoms with van der Waals surface area (Å²) in [5.41, 5.74) is 1.22. The summed E-state index contributed by atoms with van der Waals surface area (Å²) in [5.74, 6) is -1.42. The van der Waals surface area contributed by atoms with E-state index in [1.165, 1.54) is 29.9 Å². The number of fused-ring (bicyclic) bond motifs is 1. The maximum Gasteiger partial charge on any atom is 0.267 e. The molecule has 2 aromatic heterocycles. The molecule has 140 valence electrons. The molecule has 8 heteroatoms. The third kappa shape index (κ3) is 3.35. The fourth-order valence-electron chi connectivity index (χ4n) is 2.97. The minimum Gasteiger partial charge on any atom is -0.506 e. The Morgan fingerprint density at radius 1 is 1.30 bits per heavy atom. The molecular formula is C19H19N3O4S. The lowest BCUT2D eigenvalue weighted by Crippen LogP contribution is -2.34. The Morgan fingerprint density at radius 2 is 2.00 bits per heavy atom. The van der Waals surface area contributed by atoms with E-state index < -0.39 is 17.2 Å². The zero-order chi connectivity index (χ0) is 19.9. The van der Waals surface area contributed by atoms with Crippen molar-refractivity contribution >= 4 is 33.9 Å². The van der Waals surface area contributed by atoms with Crippen molar-refractivity contribution in [3.63, 3.8) is 0 Å². The van der Waals surface area contributed by atoms with E-state index in [1.807, 2.05) is 19.9 Å². The minimum absolute atomic E-state index is 0.209. The molecule has 3 aromatic rings. The van der Waals surface area contributed by atoms with Crippen LogP contribution in [-0.2, 0) is 11.8 Å². The summed E-state index contributed by atoms with van der Waals surface area (Å²) in [6, 6.07) is 5.33. The molecular weight excluding hydrogens is 366 g/mol. The van der Waals surface area contributed by atoms with Gasteiger partial charge in [-0.05, 0) is 38.5 Å². The first kappa shape index (κ1) is 18.8. The van der Waals surface area contributed by atoms with Crippen LogP contribution in [-0.4, -0.2) is 32.9 Å². The molecule has 0 saturated carbocycles. The normalized spacial score (nSPS) is 11.0. The van der Waals surface area contributed by atoms with Crippen LogP contribution < -0.4 is 10.9 Å². The van der Waals surface area contributed by atoms with Crippen LogP contribution in [0.25, 0.3) is 21.3 Å². The number of benzene rings is 1. The predicted octanol–water partition coefficient (Wildman–Crippen LogP) is 2.30. The Balaban J connectivity index is 2.21. The molecule has 0 bridgehead atoms. The van der Waals surface area contributed by atoms with Crippen LogP contribution >= 0.6 is 11.3 Å². The summed E-state index contributed by atoms with van der Waals surface area (Å²) < 4.78 is 1.31. The molecule has 0 spiro atoms. The lowest BCUT2D eigenvalue weighted by Gasteiger charge is -2.12. The van der Waals surface area contributed by atoms with E-state index in [2.05, 4.69) is 10.3 Å². The van der Waals surface area contributed by atoms with E-state index in [9.17, 15) is 19.5 Å². The number of thiazole rings is 1. The van der Waals surface area contributed by atoms with Crippen molar-refractivity contribution < 1.29 is 14.7 Å². The number of amides is 1. The number of nitrogens with one attached hydrogen (secondary N) is 1. The van der Waals surface area contributed by atoms with Crippen LogP contribution in [0.1, 0.15) is 28.0 Å². The second-order valence-corrected chi connectivity index (χ2v) is 7.56. The second-order valence-electron chi connectivity index (χ2n) is 6.35. The monoisotopic (exact) mass is 385 g/mol. The highest BCUT2D eigenvalue weighted by atomic mass is 32.1. The quantitative estimate of drug-likeness (QED) is 0.718. The van der Waals surface area contributed by atoms with Gasteiger partial charge in [0.1, 0.15) is 17.1 Å². The van der Waals surface area contributed by atoms with E-state index in [0.717, 1.165) is 21.1 Å². The number of aromatic hydroxyl groups is 1. The number of aromatic nitrogens is 2. The van der Waals surface area contributed by atoms with Crippen molar-refractivity contribution in [1.82, 2.24) is 14.9 Å². The van der Waals surface area contributed by atoms with E-state index in [4.69, 9.17) is 0 Å². The summed E-state index contributed by atoms with van der Waals surface area (Å²) >= 11 is 1.53. The lowest BCUT2D eigenvalue weighted by molar-refractivity contribution is -0.116. The molecule has 7 nitrogen and oxygen atoms in total. The van der Waals surface area contributed by atoms with Crippen LogP contribution in [0.15, 0.2) is 23.0 Å². The number of nitrogens with zero attached hydrogens (tertiary/aromatic N) is 2. The van der Waals surface area contributed by atoms with Crippen molar-refractivity contribution in [2.45, 2.75) is 20.8 Å². The first-order chi connectivity index (χ1) is 12.7. The molecule has 0 radical (unpaired) electrons. The summed E-state index contributed by atoms with van der Waals surface area (Å²) in [5, 5.41) is 14.3. The van der Waals surface area contributed by atoms with Crippen LogP contribution in [0.3, 0.4) is 0 Å². The number of aryl methyl sites for hydroxylation is 3. The van der Waals surface area contributed by atoms with Crippen LogP contribution in [0.4, 0.5) is 0 Å². The fraction of sp³-hybridized carbons (Fsp3) is 0.263. The van der Waals surface area contributed by atoms with Crippen molar-refractivity contribution in [2.24, 2.45) is 7.05 Å². The zero-order valence-corrected chi connectivity index (χ0v) is 16.2. The van der Waals surface area contributed by atoms with Crippen molar-refractivity contribution in [1.29, 1.82) is 0 Å². The Kier molecular flexibility index (Phi) is 4.84. The van der Waals surface area contributed by atoms with Gasteiger partial charge in [-0.15, -0.1) is 11.3 Å². The van der Waals surface area contributed by atoms with Crippen molar-refractivity contribution in [3.05, 3.63) is 44.8 Å². The summed E-state index contributed by atoms with van der Waals surface area (Å²) in [7, 11) is 1.54. The molecule has 2 heterocycles. The van der Waals surface area contributed by atoms with E-state index in [0.29, 0.717) is 10.9 Å². The van der Waals surface area contributed by atoms with Gasteiger partial charge in [0.05, 0.1) is 27.6 Å². The third-order valence-corrected chi connectivity index (χ3v) is 5.38. The first-order valence-electron chi connectivity index (χ1n) is 8.28. The van der Waals surface area contributed by atoms with Gasteiger partial charge < -0.3 is 15.0 Å². The highest BCUT2D eigenvalue weighted by Crippen LogP contribution is 2.34. The van der Waals surface area contributed by atoms with E-state index in [-0.39, 0.29) is 17.9 Å². The molecule has 0 fully saturated rings. The largest absolute Gasteiger partial charge is 0.506 e. The molecule has 1 amide bonds. The Labute approximate surface area is 159 Å². The maximum absolute atomic E-state index is 12.6. The summed E-state index contributed by atoms with van der Waals surface area (Å²) in [4.78, 5) is 41.4. The van der Waals surface area contributed by atoms with Crippen molar-refractivity contribution in [2.75, 3.05) is 6.54 Å². The number of Topliss-reactive ketones (excluding diaryl/α,β-unsaturated/α-hetero) is 1. The molecule has 2 N–H and O–H groups in total. The second kappa shape index (κ2) is 6.96. The fourth-order valence-corrected chi connectivity index (χ4v) is 3.89. The Hall–Kier alpha value is -3.00. The SMILES string of the molecule is CC(=O)CNC(=O)c1c(O)c2cc(-c3sc(C)nc3C)ccc2n(C)c1=O. The van der Waals surface area contributed by atoms with Gasteiger partial charge in [0.25, 0.3) is 11.5 Å². The summed E-state index contributed by atoms with van der Waals surface area (Å²) in [6.45, 7) is 4.94. The van der Waals surface area contributed by atoms with Gasteiger partial charge in [0.15, 0.2) is 0 Å². The molecule has 3 rings (SSSR count). The Bertz CT molecular complexity index is 1140. The highest BCUT2D eigenvalue weighted by Gasteiger charge is 2.22. The van der Waals surface area contributed by atoms with Gasteiger partial charge in [-0.2, -0.15) is 0 Å². The number of rotatable bonds is 4. The van der Waals surface area contributed by atoms with Gasteiger partial charge >= 0.3 is 0 Å². The first-order valence-corrected chi connectivity index (χ1v) is 9.10. The molecule has 0 aliphatic carbocycles. The van der Waals surface area contributed by atoms with Crippen LogP contribution in [0, 0.1) is 13.8 Å². The molecule has 0 unspecified atom stereocenters. The molecule has 1 aromatic carbocycles. The Morgan fingerprint density at radius 3 is 2.59 bits per heavy atom. The standard InChI is InChI=1S/C19H19N3O4S/c1-9(23)8-20-18(25)15-16(24)13-7-12(17-10(2)21-11(3)27-17)5-6-14(13)22(4)19(15)26/h5-7,24H,8H2,1-4H3,(H,20,25). The van der Waals surface area contributed by atoms with Gasteiger partial charge in [-0.3, -0.25) is 14.4 Å². The zero-order valence-electron chi connectivity index (χ0n) is 15.4. The van der Waals surface area contributed by atoms with Crippen LogP contribution in [0.5, 0.6) is 5.75 Å². The van der Waals surface area contributed by atoms with Gasteiger partial charge in [0, 0.05) is 12.4 Å². The van der Waals surface area contributed by atoms with Crippen molar-refractivity contribution in [3.8, 4) is 16.2 Å². The molecule has 27 heavy (non-hydrogen) atoms. The molecule has 0 aliphatic heterocycles. The van der Waals surface area contributed by atoms with Gasteiger partial charge in [-0.1, -0.05) is 6.07 Å². The maximum atomic E-state index is 12.6. The van der Waals surface area contributed by atoms with Gasteiger partial charge in [-0.25, -0.2) is 4.98 Å². The number of hydrogen-bond acceptors (Lipinski definition) is 6. The van der Waals surface area contributed by atoms with E-state index >= 15 is 0 Å². The van der Waals surface area contributed by atoms with Gasteiger partial charge in [0.2, 0.25) is 0 Å². The number of pyridine rings is 1. The minimum atomic E-state index is -0.777. The molecule has 0 atom stereocenters. The topological polar surface area (TPSA) is 101 Å². The predicted molar refractivity (Wildman–Crippen MR) is 104 cm³/mol. The average Bonchev–Trinajstić information content (AvgIpc) is 2.96. The highest BCUT2D eigenvalue weighted by molar-refractivity contribution is 7.15. The molecule has 0 saturated heterocycles. The average molecular weight is 385 g/mol.